The number of nitrogens with two attached hydrogens (primary N) is 1. The van der Waals surface area contributed by atoms with Crippen LogP contribution in [0, 0.1) is 0 Å². The number of benzene rings is 1. The van der Waals surface area contributed by atoms with Crippen molar-refractivity contribution in [3.8, 4) is 0 Å². The first kappa shape index (κ1) is 10.8. The molecular weight excluding hydrogens is 256 g/mol. The maximum absolute atomic E-state index is 5.81. The van der Waals surface area contributed by atoms with Gasteiger partial charge in [0.1, 0.15) is 5.82 Å². The third kappa shape index (κ3) is 1.96. The van der Waals surface area contributed by atoms with Crippen LogP contribution in [0.3, 0.4) is 0 Å². The number of hydrogen-bond donors (Lipinski definition) is 1. The molecule has 0 spiro atoms. The van der Waals surface area contributed by atoms with Gasteiger partial charge in [0.2, 0.25) is 11.2 Å². The summed E-state index contributed by atoms with van der Waals surface area (Å²) >= 11 is 7.60. The molecule has 1 aromatic heterocycles. The molecule has 0 amide bonds. The fraction of sp³-hybridized carbons (Fsp3) is 0.182. The molecule has 2 N–H and O–H groups in total. The molecule has 2 heterocycles. The van der Waals surface area contributed by atoms with Gasteiger partial charge in [0.25, 0.3) is 0 Å². The van der Waals surface area contributed by atoms with Gasteiger partial charge in [-0.2, -0.15) is 9.97 Å². The topological polar surface area (TPSA) is 64.7 Å². The van der Waals surface area contributed by atoms with Crippen LogP contribution in [0.2, 0.25) is 5.28 Å². The van der Waals surface area contributed by atoms with E-state index in [2.05, 4.69) is 27.1 Å². The molecule has 1 atom stereocenters. The number of nitrogens with zero attached hydrogens (tertiary/aromatic N) is 3. The molecule has 0 saturated carbocycles. The van der Waals surface area contributed by atoms with Crippen LogP contribution in [-0.2, 0) is 0 Å². The van der Waals surface area contributed by atoms with E-state index in [4.69, 9.17) is 17.3 Å². The molecule has 1 aromatic carbocycles. The number of nitrogen functional groups attached to an aromatic ring is 1. The quantitative estimate of drug-likeness (QED) is 0.856. The minimum Gasteiger partial charge on any atom is -0.368 e. The monoisotopic (exact) mass is 264 g/mol. The van der Waals surface area contributed by atoms with E-state index in [9.17, 15) is 0 Å². The molecule has 1 unspecified atom stereocenters. The Morgan fingerprint density at radius 3 is 2.88 bits per heavy atom. The zero-order valence-corrected chi connectivity index (χ0v) is 10.4. The number of hydrogen-bond acceptors (Lipinski definition) is 5. The lowest BCUT2D eigenvalue weighted by atomic mass is 10.0. The van der Waals surface area contributed by atoms with E-state index >= 15 is 0 Å². The van der Waals surface area contributed by atoms with Gasteiger partial charge in [0.15, 0.2) is 0 Å². The molecule has 3 rings (SSSR count). The predicted octanol–water partition coefficient (Wildman–Crippen LogP) is 2.34. The lowest BCUT2D eigenvalue weighted by Crippen LogP contribution is -2.09. The highest BCUT2D eigenvalue weighted by atomic mass is 35.5. The molecule has 0 saturated heterocycles. The molecule has 86 valence electrons. The summed E-state index contributed by atoms with van der Waals surface area (Å²) in [7, 11) is 0. The maximum Gasteiger partial charge on any atom is 0.227 e. The Hall–Kier alpha value is -1.33. The van der Waals surface area contributed by atoms with Crippen LogP contribution < -0.4 is 5.73 Å². The van der Waals surface area contributed by atoms with E-state index in [1.165, 1.54) is 10.5 Å². The van der Waals surface area contributed by atoms with E-state index in [1.807, 2.05) is 12.1 Å². The number of anilines is 1. The predicted molar refractivity (Wildman–Crippen MR) is 68.3 cm³/mol. The normalized spacial score (nSPS) is 18.1. The van der Waals surface area contributed by atoms with E-state index in [0.717, 1.165) is 5.75 Å². The van der Waals surface area contributed by atoms with Crippen molar-refractivity contribution in [2.75, 3.05) is 11.5 Å². The van der Waals surface area contributed by atoms with Crippen LogP contribution in [0.1, 0.15) is 17.3 Å². The highest BCUT2D eigenvalue weighted by Crippen LogP contribution is 2.41. The summed E-state index contributed by atoms with van der Waals surface area (Å²) in [6, 6.07) is 8.24. The van der Waals surface area contributed by atoms with Gasteiger partial charge >= 0.3 is 0 Å². The molecule has 2 aromatic rings. The molecule has 0 aliphatic carbocycles. The van der Waals surface area contributed by atoms with Crippen LogP contribution in [0.5, 0.6) is 0 Å². The first-order chi connectivity index (χ1) is 8.24. The second-order valence-electron chi connectivity index (χ2n) is 3.72. The van der Waals surface area contributed by atoms with Gasteiger partial charge in [-0.1, -0.05) is 18.2 Å². The molecule has 17 heavy (non-hydrogen) atoms. The SMILES string of the molecule is Nc1nc(Cl)nc(C2CSc3ccccc32)n1. The molecule has 0 radical (unpaired) electrons. The van der Waals surface area contributed by atoms with Crippen molar-refractivity contribution >= 4 is 29.3 Å². The van der Waals surface area contributed by atoms with Crippen molar-refractivity contribution in [2.24, 2.45) is 0 Å². The van der Waals surface area contributed by atoms with Crippen molar-refractivity contribution < 1.29 is 0 Å². The Morgan fingerprint density at radius 2 is 2.06 bits per heavy atom. The average Bonchev–Trinajstić information content (AvgIpc) is 2.71. The molecule has 6 heteroatoms. The number of aromatic nitrogens is 3. The first-order valence-electron chi connectivity index (χ1n) is 5.13. The first-order valence-corrected chi connectivity index (χ1v) is 6.49. The zero-order chi connectivity index (χ0) is 11.8. The third-order valence-electron chi connectivity index (χ3n) is 2.65. The third-order valence-corrected chi connectivity index (χ3v) is 4.01. The summed E-state index contributed by atoms with van der Waals surface area (Å²) in [6.07, 6.45) is 0. The lowest BCUT2D eigenvalue weighted by molar-refractivity contribution is 0.813. The van der Waals surface area contributed by atoms with Gasteiger partial charge in [-0.25, -0.2) is 4.98 Å². The minimum absolute atomic E-state index is 0.152. The minimum atomic E-state index is 0.152. The van der Waals surface area contributed by atoms with Gasteiger partial charge in [-0.15, -0.1) is 11.8 Å². The Bertz CT molecular complexity index is 555. The van der Waals surface area contributed by atoms with Crippen molar-refractivity contribution in [3.63, 3.8) is 0 Å². The second-order valence-corrected chi connectivity index (χ2v) is 5.12. The van der Waals surface area contributed by atoms with Crippen molar-refractivity contribution in [1.29, 1.82) is 0 Å². The zero-order valence-electron chi connectivity index (χ0n) is 8.80. The molecular formula is C11H9ClN4S. The smallest absolute Gasteiger partial charge is 0.227 e. The van der Waals surface area contributed by atoms with Gasteiger partial charge in [0, 0.05) is 10.6 Å². The number of halogens is 1. The lowest BCUT2D eigenvalue weighted by Gasteiger charge is -2.09. The van der Waals surface area contributed by atoms with Crippen molar-refractivity contribution in [3.05, 3.63) is 40.9 Å². The van der Waals surface area contributed by atoms with Gasteiger partial charge < -0.3 is 5.73 Å². The Labute approximate surface area is 108 Å². The molecule has 0 fully saturated rings. The summed E-state index contributed by atoms with van der Waals surface area (Å²) in [6.45, 7) is 0. The van der Waals surface area contributed by atoms with Gasteiger partial charge in [-0.05, 0) is 23.2 Å². The Kier molecular flexibility index (Phi) is 2.64. The summed E-state index contributed by atoms with van der Waals surface area (Å²) in [5.41, 5.74) is 6.83. The molecule has 1 aliphatic rings. The van der Waals surface area contributed by atoms with Crippen LogP contribution in [0.4, 0.5) is 5.95 Å². The van der Waals surface area contributed by atoms with Crippen molar-refractivity contribution in [2.45, 2.75) is 10.8 Å². The second kappa shape index (κ2) is 4.16. The van der Waals surface area contributed by atoms with E-state index in [0.29, 0.717) is 5.82 Å². The van der Waals surface area contributed by atoms with E-state index in [1.54, 1.807) is 11.8 Å². The van der Waals surface area contributed by atoms with Crippen LogP contribution >= 0.6 is 23.4 Å². The van der Waals surface area contributed by atoms with E-state index in [-0.39, 0.29) is 17.1 Å². The number of fused-ring (bicyclic) bond motifs is 1. The van der Waals surface area contributed by atoms with Gasteiger partial charge in [-0.3, -0.25) is 0 Å². The Balaban J connectivity index is 2.06. The molecule has 0 bridgehead atoms. The van der Waals surface area contributed by atoms with E-state index < -0.39 is 0 Å². The summed E-state index contributed by atoms with van der Waals surface area (Å²) in [4.78, 5) is 13.4. The Morgan fingerprint density at radius 1 is 1.24 bits per heavy atom. The largest absolute Gasteiger partial charge is 0.368 e. The molecule has 1 aliphatic heterocycles. The van der Waals surface area contributed by atoms with Crippen LogP contribution in [-0.4, -0.2) is 20.7 Å². The van der Waals surface area contributed by atoms with Crippen LogP contribution in [0.25, 0.3) is 0 Å². The molecule has 4 nitrogen and oxygen atoms in total. The average molecular weight is 265 g/mol. The number of rotatable bonds is 1. The van der Waals surface area contributed by atoms with Gasteiger partial charge in [0.05, 0.1) is 5.92 Å². The fourth-order valence-electron chi connectivity index (χ4n) is 1.91. The fourth-order valence-corrected chi connectivity index (χ4v) is 3.31. The summed E-state index contributed by atoms with van der Waals surface area (Å²) in [5.74, 6) is 1.90. The van der Waals surface area contributed by atoms with Crippen molar-refractivity contribution in [1.82, 2.24) is 15.0 Å². The van der Waals surface area contributed by atoms with Crippen LogP contribution in [0.15, 0.2) is 29.2 Å². The highest BCUT2D eigenvalue weighted by molar-refractivity contribution is 7.99. The highest BCUT2D eigenvalue weighted by Gasteiger charge is 2.27. The standard InChI is InChI=1S/C11H9ClN4S/c12-10-14-9(15-11(13)16-10)7-5-17-8-4-2-1-3-6(7)8/h1-4,7H,5H2,(H2,13,14,15,16). The summed E-state index contributed by atoms with van der Waals surface area (Å²) < 4.78 is 0. The summed E-state index contributed by atoms with van der Waals surface area (Å²) in [5, 5.41) is 0.155. The number of thioether (sulfide) groups is 1. The maximum atomic E-state index is 5.81.